The van der Waals surface area contributed by atoms with Gasteiger partial charge >= 0.3 is 5.97 Å². The average molecular weight is 297 g/mol. The molecule has 120 valence electrons. The van der Waals surface area contributed by atoms with Crippen molar-refractivity contribution in [1.82, 2.24) is 5.32 Å². The maximum atomic E-state index is 12.3. The van der Waals surface area contributed by atoms with Crippen LogP contribution < -0.4 is 5.32 Å². The Balaban J connectivity index is 1.89. The number of carboxylic acids is 1. The molecule has 21 heavy (non-hydrogen) atoms. The van der Waals surface area contributed by atoms with Crippen LogP contribution in [-0.2, 0) is 14.3 Å². The van der Waals surface area contributed by atoms with Gasteiger partial charge in [0.2, 0.25) is 5.91 Å². The number of nitrogens with one attached hydrogen (secondary N) is 1. The number of ether oxygens (including phenoxy) is 1. The van der Waals surface area contributed by atoms with Gasteiger partial charge in [-0.2, -0.15) is 0 Å². The molecule has 2 rings (SSSR count). The zero-order chi connectivity index (χ0) is 15.3. The summed E-state index contributed by atoms with van der Waals surface area (Å²) in [5, 5.41) is 12.2. The van der Waals surface area contributed by atoms with Crippen LogP contribution in [0.4, 0.5) is 0 Å². The van der Waals surface area contributed by atoms with Gasteiger partial charge in [0.15, 0.2) is 0 Å². The van der Waals surface area contributed by atoms with Gasteiger partial charge in [-0.25, -0.2) is 0 Å². The Labute approximate surface area is 126 Å². The molecular weight excluding hydrogens is 270 g/mol. The molecule has 0 aromatic carbocycles. The minimum atomic E-state index is -0.795. The fourth-order valence-electron chi connectivity index (χ4n) is 3.77. The predicted octanol–water partition coefficient (Wildman–Crippen LogP) is 2.49. The van der Waals surface area contributed by atoms with Crippen LogP contribution in [0.15, 0.2) is 0 Å². The van der Waals surface area contributed by atoms with E-state index in [1.807, 2.05) is 6.92 Å². The van der Waals surface area contributed by atoms with Gasteiger partial charge in [0, 0.05) is 13.0 Å². The van der Waals surface area contributed by atoms with Crippen molar-refractivity contribution in [3.63, 3.8) is 0 Å². The average Bonchev–Trinajstić information content (AvgIpc) is 2.92. The molecule has 1 saturated carbocycles. The van der Waals surface area contributed by atoms with Crippen molar-refractivity contribution in [2.24, 2.45) is 5.41 Å². The van der Waals surface area contributed by atoms with Crippen LogP contribution in [0.25, 0.3) is 0 Å². The van der Waals surface area contributed by atoms with Crippen LogP contribution in [0.2, 0.25) is 0 Å². The zero-order valence-electron chi connectivity index (χ0n) is 12.9. The molecule has 1 aliphatic heterocycles. The first-order chi connectivity index (χ1) is 10.0. The number of hydrogen-bond acceptors (Lipinski definition) is 3. The molecule has 1 aliphatic carbocycles. The van der Waals surface area contributed by atoms with Crippen LogP contribution >= 0.6 is 0 Å². The number of amides is 1. The third kappa shape index (κ3) is 4.70. The Morgan fingerprint density at radius 3 is 2.52 bits per heavy atom. The topological polar surface area (TPSA) is 75.6 Å². The summed E-state index contributed by atoms with van der Waals surface area (Å²) in [6.07, 6.45) is 7.48. The van der Waals surface area contributed by atoms with E-state index < -0.39 is 5.97 Å². The molecule has 5 nitrogen and oxygen atoms in total. The van der Waals surface area contributed by atoms with Crippen LogP contribution in [0.3, 0.4) is 0 Å². The molecule has 2 aliphatic rings. The summed E-state index contributed by atoms with van der Waals surface area (Å²) in [6.45, 7) is 2.74. The van der Waals surface area contributed by atoms with Gasteiger partial charge in [-0.15, -0.1) is 0 Å². The molecule has 1 saturated heterocycles. The van der Waals surface area contributed by atoms with Crippen molar-refractivity contribution < 1.29 is 19.4 Å². The second kappa shape index (κ2) is 7.25. The first-order valence-electron chi connectivity index (χ1n) is 8.14. The van der Waals surface area contributed by atoms with E-state index in [1.54, 1.807) is 0 Å². The Bertz CT molecular complexity index is 370. The molecule has 2 atom stereocenters. The number of carbonyl (C=O) groups is 2. The molecule has 0 bridgehead atoms. The molecule has 0 aromatic heterocycles. The Kier molecular flexibility index (Phi) is 5.62. The maximum absolute atomic E-state index is 12.3. The van der Waals surface area contributed by atoms with E-state index in [2.05, 4.69) is 5.32 Å². The lowest BCUT2D eigenvalue weighted by molar-refractivity contribution is -0.141. The predicted molar refractivity (Wildman–Crippen MR) is 79.0 cm³/mol. The summed E-state index contributed by atoms with van der Waals surface area (Å²) in [4.78, 5) is 23.4. The smallest absolute Gasteiger partial charge is 0.303 e. The Hall–Kier alpha value is -1.10. The van der Waals surface area contributed by atoms with Crippen molar-refractivity contribution >= 4 is 11.9 Å². The summed E-state index contributed by atoms with van der Waals surface area (Å²) < 4.78 is 5.59. The van der Waals surface area contributed by atoms with E-state index in [0.29, 0.717) is 6.42 Å². The fourth-order valence-corrected chi connectivity index (χ4v) is 3.77. The highest BCUT2D eigenvalue weighted by Crippen LogP contribution is 2.42. The molecule has 2 N–H and O–H groups in total. The SMILES string of the molecule is CC(NC(=O)CC1(CC(=O)O)CCCCC1)C1CCCO1. The lowest BCUT2D eigenvalue weighted by Gasteiger charge is -2.36. The summed E-state index contributed by atoms with van der Waals surface area (Å²) in [6, 6.07) is 0.00506. The second-order valence-electron chi connectivity index (χ2n) is 6.72. The number of hydrogen-bond donors (Lipinski definition) is 2. The third-order valence-corrected chi connectivity index (χ3v) is 4.89. The Morgan fingerprint density at radius 2 is 1.95 bits per heavy atom. The summed E-state index contributed by atoms with van der Waals surface area (Å²) in [5.74, 6) is -0.821. The molecular formula is C16H27NO4. The van der Waals surface area contributed by atoms with E-state index >= 15 is 0 Å². The zero-order valence-corrected chi connectivity index (χ0v) is 12.9. The third-order valence-electron chi connectivity index (χ3n) is 4.89. The lowest BCUT2D eigenvalue weighted by atomic mass is 9.69. The van der Waals surface area contributed by atoms with Gasteiger partial charge < -0.3 is 15.2 Å². The van der Waals surface area contributed by atoms with Gasteiger partial charge in [-0.05, 0) is 38.0 Å². The number of aliphatic carboxylic acids is 1. The first-order valence-corrected chi connectivity index (χ1v) is 8.14. The number of carboxylic acid groups (broad SMARTS) is 1. The van der Waals surface area contributed by atoms with Crippen LogP contribution in [0.1, 0.15) is 64.7 Å². The second-order valence-corrected chi connectivity index (χ2v) is 6.72. The van der Waals surface area contributed by atoms with Gasteiger partial charge in [-0.1, -0.05) is 19.3 Å². The lowest BCUT2D eigenvalue weighted by Crippen LogP contribution is -2.43. The highest BCUT2D eigenvalue weighted by molar-refractivity contribution is 5.78. The fraction of sp³-hybridized carbons (Fsp3) is 0.875. The van der Waals surface area contributed by atoms with Crippen LogP contribution in [0, 0.1) is 5.41 Å². The maximum Gasteiger partial charge on any atom is 0.303 e. The molecule has 5 heteroatoms. The number of carbonyl (C=O) groups excluding carboxylic acids is 1. The quantitative estimate of drug-likeness (QED) is 0.789. The Morgan fingerprint density at radius 1 is 1.24 bits per heavy atom. The van der Waals surface area contributed by atoms with Crippen molar-refractivity contribution in [1.29, 1.82) is 0 Å². The molecule has 1 heterocycles. The largest absolute Gasteiger partial charge is 0.481 e. The molecule has 1 amide bonds. The van der Waals surface area contributed by atoms with E-state index in [1.165, 1.54) is 0 Å². The van der Waals surface area contributed by atoms with Gasteiger partial charge in [-0.3, -0.25) is 9.59 Å². The molecule has 0 spiro atoms. The van der Waals surface area contributed by atoms with E-state index in [9.17, 15) is 9.59 Å². The van der Waals surface area contributed by atoms with Crippen molar-refractivity contribution in [3.05, 3.63) is 0 Å². The first kappa shape index (κ1) is 16.3. The standard InChI is InChI=1S/C16H27NO4/c1-12(13-6-5-9-21-13)17-14(18)10-16(11-15(19)20)7-3-2-4-8-16/h12-13H,2-11H2,1H3,(H,17,18)(H,19,20). The highest BCUT2D eigenvalue weighted by atomic mass is 16.5. The van der Waals surface area contributed by atoms with E-state index in [4.69, 9.17) is 9.84 Å². The van der Waals surface area contributed by atoms with E-state index in [0.717, 1.165) is 51.6 Å². The summed E-state index contributed by atoms with van der Waals surface area (Å²) in [5.41, 5.74) is -0.343. The molecule has 0 radical (unpaired) electrons. The van der Waals surface area contributed by atoms with Gasteiger partial charge in [0.1, 0.15) is 0 Å². The van der Waals surface area contributed by atoms with Crippen molar-refractivity contribution in [2.75, 3.05) is 6.61 Å². The van der Waals surface area contributed by atoms with Crippen molar-refractivity contribution in [3.8, 4) is 0 Å². The number of rotatable bonds is 6. The summed E-state index contributed by atoms with van der Waals surface area (Å²) in [7, 11) is 0. The van der Waals surface area contributed by atoms with Gasteiger partial charge in [0.25, 0.3) is 0 Å². The summed E-state index contributed by atoms with van der Waals surface area (Å²) >= 11 is 0. The minimum Gasteiger partial charge on any atom is -0.481 e. The minimum absolute atomic E-state index is 0.00506. The van der Waals surface area contributed by atoms with Crippen molar-refractivity contribution in [2.45, 2.75) is 76.9 Å². The molecule has 0 aromatic rings. The molecule has 2 unspecified atom stereocenters. The van der Waals surface area contributed by atoms with Crippen LogP contribution in [0.5, 0.6) is 0 Å². The van der Waals surface area contributed by atoms with E-state index in [-0.39, 0.29) is 29.9 Å². The monoisotopic (exact) mass is 297 g/mol. The molecule has 2 fully saturated rings. The van der Waals surface area contributed by atoms with Gasteiger partial charge in [0.05, 0.1) is 18.6 Å². The normalized spacial score (nSPS) is 26.2. The van der Waals surface area contributed by atoms with Crippen LogP contribution in [-0.4, -0.2) is 35.7 Å². The highest BCUT2D eigenvalue weighted by Gasteiger charge is 2.37.